The summed E-state index contributed by atoms with van der Waals surface area (Å²) in [7, 11) is 3.32. The smallest absolute Gasteiger partial charge is 0.234 e. The van der Waals surface area contributed by atoms with E-state index < -0.39 is 0 Å². The van der Waals surface area contributed by atoms with Crippen LogP contribution < -0.4 is 10.6 Å². The van der Waals surface area contributed by atoms with Gasteiger partial charge in [0.25, 0.3) is 0 Å². The van der Waals surface area contributed by atoms with Crippen molar-refractivity contribution in [3.8, 4) is 0 Å². The number of hydrogen-bond acceptors (Lipinski definition) is 4. The SMILES string of the molecule is CN=C(NCc1ccc(F)c(COC)c1)N1CCN(CC(=O)NC2CC2)CC1. The third-order valence-corrected chi connectivity index (χ3v) is 5.05. The molecule has 1 aliphatic heterocycles. The Hall–Kier alpha value is -2.19. The van der Waals surface area contributed by atoms with E-state index >= 15 is 0 Å². The van der Waals surface area contributed by atoms with Crippen molar-refractivity contribution >= 4 is 11.9 Å². The molecule has 1 heterocycles. The standard InChI is InChI=1S/C20H30FN5O2/c1-22-20(23-12-15-3-6-18(21)16(11-15)14-28-2)26-9-7-25(8-10-26)13-19(27)24-17-4-5-17/h3,6,11,17H,4-5,7-10,12-14H2,1-2H3,(H,22,23)(H,24,27). The summed E-state index contributed by atoms with van der Waals surface area (Å²) >= 11 is 0. The summed E-state index contributed by atoms with van der Waals surface area (Å²) in [5.41, 5.74) is 1.53. The highest BCUT2D eigenvalue weighted by Crippen LogP contribution is 2.18. The van der Waals surface area contributed by atoms with Gasteiger partial charge in [0.2, 0.25) is 5.91 Å². The van der Waals surface area contributed by atoms with Crippen LogP contribution in [-0.4, -0.2) is 74.6 Å². The molecule has 0 spiro atoms. The number of amides is 1. The van der Waals surface area contributed by atoms with Gasteiger partial charge in [-0.1, -0.05) is 6.07 Å². The fourth-order valence-corrected chi connectivity index (χ4v) is 3.34. The Labute approximate surface area is 165 Å². The zero-order valence-corrected chi connectivity index (χ0v) is 16.7. The second kappa shape index (κ2) is 9.84. The van der Waals surface area contributed by atoms with Crippen LogP contribution in [0.2, 0.25) is 0 Å². The summed E-state index contributed by atoms with van der Waals surface area (Å²) in [4.78, 5) is 20.7. The van der Waals surface area contributed by atoms with Crippen LogP contribution in [0.25, 0.3) is 0 Å². The summed E-state index contributed by atoms with van der Waals surface area (Å²) in [5, 5.41) is 6.39. The lowest BCUT2D eigenvalue weighted by Gasteiger charge is -2.36. The summed E-state index contributed by atoms with van der Waals surface area (Å²) in [5.74, 6) is 0.693. The molecular formula is C20H30FN5O2. The van der Waals surface area contributed by atoms with E-state index in [2.05, 4.69) is 25.4 Å². The van der Waals surface area contributed by atoms with E-state index in [1.165, 1.54) is 6.07 Å². The first-order valence-corrected chi connectivity index (χ1v) is 9.82. The third-order valence-electron chi connectivity index (χ3n) is 5.05. The normalized spacial score (nSPS) is 18.2. The summed E-state index contributed by atoms with van der Waals surface area (Å²) in [6, 6.07) is 5.47. The van der Waals surface area contributed by atoms with Crippen molar-refractivity contribution < 1.29 is 13.9 Å². The summed E-state index contributed by atoms with van der Waals surface area (Å²) in [6.07, 6.45) is 2.23. The van der Waals surface area contributed by atoms with Gasteiger partial charge in [0, 0.05) is 58.5 Å². The van der Waals surface area contributed by atoms with Crippen LogP contribution in [0.15, 0.2) is 23.2 Å². The summed E-state index contributed by atoms with van der Waals surface area (Å²) < 4.78 is 18.8. The van der Waals surface area contributed by atoms with Crippen LogP contribution in [-0.2, 0) is 22.7 Å². The van der Waals surface area contributed by atoms with Crippen LogP contribution in [0.3, 0.4) is 0 Å². The van der Waals surface area contributed by atoms with E-state index in [9.17, 15) is 9.18 Å². The maximum absolute atomic E-state index is 13.7. The lowest BCUT2D eigenvalue weighted by molar-refractivity contribution is -0.122. The minimum absolute atomic E-state index is 0.127. The first kappa shape index (κ1) is 20.5. The van der Waals surface area contributed by atoms with E-state index in [0.29, 0.717) is 24.7 Å². The van der Waals surface area contributed by atoms with Crippen LogP contribution in [0.4, 0.5) is 4.39 Å². The predicted molar refractivity (Wildman–Crippen MR) is 106 cm³/mol. The zero-order chi connectivity index (χ0) is 19.9. The van der Waals surface area contributed by atoms with Gasteiger partial charge in [-0.25, -0.2) is 4.39 Å². The fraction of sp³-hybridized carbons (Fsp3) is 0.600. The molecule has 28 heavy (non-hydrogen) atoms. The molecule has 8 heteroatoms. The Balaban J connectivity index is 1.45. The number of carbonyl (C=O) groups excluding carboxylic acids is 1. The van der Waals surface area contributed by atoms with Gasteiger partial charge in [0.1, 0.15) is 5.82 Å². The number of carbonyl (C=O) groups is 1. The molecule has 0 aromatic heterocycles. The van der Waals surface area contributed by atoms with Gasteiger partial charge in [-0.2, -0.15) is 0 Å². The van der Waals surface area contributed by atoms with Gasteiger partial charge < -0.3 is 20.3 Å². The van der Waals surface area contributed by atoms with Gasteiger partial charge in [-0.3, -0.25) is 14.7 Å². The van der Waals surface area contributed by atoms with Crippen molar-refractivity contribution in [2.45, 2.75) is 32.0 Å². The van der Waals surface area contributed by atoms with E-state index in [-0.39, 0.29) is 18.3 Å². The predicted octanol–water partition coefficient (Wildman–Crippen LogP) is 0.944. The molecule has 3 rings (SSSR count). The molecule has 1 aromatic rings. The topological polar surface area (TPSA) is 69.2 Å². The number of nitrogens with one attached hydrogen (secondary N) is 2. The van der Waals surface area contributed by atoms with E-state index in [1.807, 2.05) is 6.07 Å². The highest BCUT2D eigenvalue weighted by molar-refractivity contribution is 5.80. The van der Waals surface area contributed by atoms with Crippen LogP contribution in [0.1, 0.15) is 24.0 Å². The maximum Gasteiger partial charge on any atom is 0.234 e. The third kappa shape index (κ3) is 5.90. The Kier molecular flexibility index (Phi) is 7.22. The summed E-state index contributed by atoms with van der Waals surface area (Å²) in [6.45, 7) is 4.57. The molecule has 2 fully saturated rings. The highest BCUT2D eigenvalue weighted by atomic mass is 19.1. The van der Waals surface area contributed by atoms with Crippen LogP contribution in [0, 0.1) is 5.82 Å². The molecule has 1 aliphatic carbocycles. The number of hydrogen-bond donors (Lipinski definition) is 2. The second-order valence-corrected chi connectivity index (χ2v) is 7.36. The minimum atomic E-state index is -0.253. The lowest BCUT2D eigenvalue weighted by Crippen LogP contribution is -2.54. The minimum Gasteiger partial charge on any atom is -0.380 e. The van der Waals surface area contributed by atoms with Gasteiger partial charge in [-0.05, 0) is 30.5 Å². The average molecular weight is 391 g/mol. The number of rotatable bonds is 7. The van der Waals surface area contributed by atoms with E-state index in [4.69, 9.17) is 4.74 Å². The van der Waals surface area contributed by atoms with Crippen LogP contribution >= 0.6 is 0 Å². The average Bonchev–Trinajstić information content (AvgIpc) is 3.50. The molecule has 0 bridgehead atoms. The molecule has 154 valence electrons. The maximum atomic E-state index is 13.7. The number of ether oxygens (including phenoxy) is 1. The van der Waals surface area contributed by atoms with E-state index in [1.54, 1.807) is 20.2 Å². The molecule has 1 saturated heterocycles. The molecule has 7 nitrogen and oxygen atoms in total. The molecule has 1 saturated carbocycles. The van der Waals surface area contributed by atoms with Gasteiger partial charge in [-0.15, -0.1) is 0 Å². The number of piperazine rings is 1. The first-order chi connectivity index (χ1) is 13.6. The molecule has 2 N–H and O–H groups in total. The van der Waals surface area contributed by atoms with Gasteiger partial charge in [0.15, 0.2) is 5.96 Å². The number of halogens is 1. The quantitative estimate of drug-likeness (QED) is 0.535. The van der Waals surface area contributed by atoms with E-state index in [0.717, 1.165) is 50.5 Å². The largest absolute Gasteiger partial charge is 0.380 e. The lowest BCUT2D eigenvalue weighted by atomic mass is 10.1. The molecule has 1 aromatic carbocycles. The molecule has 0 unspecified atom stereocenters. The van der Waals surface area contributed by atoms with Crippen molar-refractivity contribution in [2.24, 2.45) is 4.99 Å². The van der Waals surface area contributed by atoms with Gasteiger partial charge in [0.05, 0.1) is 13.2 Å². The Morgan fingerprint density at radius 3 is 2.68 bits per heavy atom. The second-order valence-electron chi connectivity index (χ2n) is 7.36. The van der Waals surface area contributed by atoms with Crippen molar-refractivity contribution in [2.75, 3.05) is 46.9 Å². The van der Waals surface area contributed by atoms with Gasteiger partial charge >= 0.3 is 0 Å². The Morgan fingerprint density at radius 1 is 1.29 bits per heavy atom. The number of guanidine groups is 1. The molecule has 0 atom stereocenters. The Morgan fingerprint density at radius 2 is 2.04 bits per heavy atom. The molecule has 1 amide bonds. The number of benzene rings is 1. The monoisotopic (exact) mass is 391 g/mol. The van der Waals surface area contributed by atoms with Crippen LogP contribution in [0.5, 0.6) is 0 Å². The molecule has 0 radical (unpaired) electrons. The van der Waals surface area contributed by atoms with Crippen molar-refractivity contribution in [3.63, 3.8) is 0 Å². The number of aliphatic imine (C=N–C) groups is 1. The van der Waals surface area contributed by atoms with Crippen molar-refractivity contribution in [3.05, 3.63) is 35.1 Å². The van der Waals surface area contributed by atoms with Crippen molar-refractivity contribution in [1.82, 2.24) is 20.4 Å². The fourth-order valence-electron chi connectivity index (χ4n) is 3.34. The number of nitrogens with zero attached hydrogens (tertiary/aromatic N) is 3. The molecular weight excluding hydrogens is 361 g/mol. The molecule has 2 aliphatic rings. The van der Waals surface area contributed by atoms with Crippen molar-refractivity contribution in [1.29, 1.82) is 0 Å². The Bertz CT molecular complexity index is 700. The highest BCUT2D eigenvalue weighted by Gasteiger charge is 2.25. The number of methoxy groups -OCH3 is 1. The first-order valence-electron chi connectivity index (χ1n) is 9.82. The zero-order valence-electron chi connectivity index (χ0n) is 16.7.